The predicted molar refractivity (Wildman–Crippen MR) is 37.9 cm³/mol. The zero-order valence-electron chi connectivity index (χ0n) is 5.52. The fourth-order valence-electron chi connectivity index (χ4n) is 0.157. The first-order valence-electron chi connectivity index (χ1n) is 2.38. The van der Waals surface area contributed by atoms with Gasteiger partial charge in [-0.3, -0.25) is 0 Å². The van der Waals surface area contributed by atoms with Crippen LogP contribution in [0.5, 0.6) is 0 Å². The average Bonchev–Trinajstić information content (AvgIpc) is 1.91. The third-order valence-corrected chi connectivity index (χ3v) is 0.551. The monoisotopic (exact) mass is 130 g/mol. The Morgan fingerprint density at radius 3 is 1.89 bits per heavy atom. The summed E-state index contributed by atoms with van der Waals surface area (Å²) in [7, 11) is 0. The fraction of sp³-hybridized carbons (Fsp3) is 0.143. The van der Waals surface area contributed by atoms with Gasteiger partial charge in [-0.15, -0.1) is 13.2 Å². The van der Waals surface area contributed by atoms with Crippen molar-refractivity contribution in [1.29, 1.82) is 0 Å². The zero-order valence-corrected chi connectivity index (χ0v) is 5.52. The Morgan fingerprint density at radius 2 is 1.89 bits per heavy atom. The molecule has 0 radical (unpaired) electrons. The number of allylic oxidation sites excluding steroid dienone is 2. The van der Waals surface area contributed by atoms with E-state index < -0.39 is 5.83 Å². The summed E-state index contributed by atoms with van der Waals surface area (Å²) in [6.07, 6.45) is 1.24. The van der Waals surface area contributed by atoms with E-state index in [9.17, 15) is 4.39 Å². The summed E-state index contributed by atoms with van der Waals surface area (Å²) in [6, 6.07) is 0. The fourth-order valence-corrected chi connectivity index (χ4v) is 0.157. The van der Waals surface area contributed by atoms with Crippen LogP contribution in [0.4, 0.5) is 4.39 Å². The maximum absolute atomic E-state index is 11.6. The van der Waals surface area contributed by atoms with E-state index in [-0.39, 0.29) is 5.76 Å². The van der Waals surface area contributed by atoms with Gasteiger partial charge in [0.1, 0.15) is 5.76 Å². The van der Waals surface area contributed by atoms with Crippen LogP contribution in [0.1, 0.15) is 6.92 Å². The third kappa shape index (κ3) is 6.95. The van der Waals surface area contributed by atoms with Crippen LogP contribution >= 0.6 is 0 Å². The maximum atomic E-state index is 11.6. The van der Waals surface area contributed by atoms with Crippen molar-refractivity contribution in [1.82, 2.24) is 0 Å². The van der Waals surface area contributed by atoms with E-state index in [4.69, 9.17) is 5.11 Å². The van der Waals surface area contributed by atoms with Gasteiger partial charge < -0.3 is 5.11 Å². The van der Waals surface area contributed by atoms with Gasteiger partial charge in [0.05, 0.1) is 0 Å². The molecule has 9 heavy (non-hydrogen) atoms. The second kappa shape index (κ2) is 6.95. The Balaban J connectivity index is 0. The summed E-state index contributed by atoms with van der Waals surface area (Å²) in [4.78, 5) is 0. The number of aliphatic hydroxyl groups is 1. The lowest BCUT2D eigenvalue weighted by Gasteiger charge is -1.86. The van der Waals surface area contributed by atoms with Gasteiger partial charge in [-0.2, -0.15) is 0 Å². The standard InChI is InChI=1S/C5H7FO.C2H4/c1-3-5(7)4(2)6;1-2/h3,7H,2H2,1H3;1-2H2/b5-3+;. The van der Waals surface area contributed by atoms with Crippen molar-refractivity contribution in [2.24, 2.45) is 0 Å². The SMILES string of the molecule is C=C.C=C(F)/C(O)=C\C. The minimum atomic E-state index is -0.789. The van der Waals surface area contributed by atoms with Gasteiger partial charge in [-0.1, -0.05) is 6.58 Å². The van der Waals surface area contributed by atoms with E-state index >= 15 is 0 Å². The lowest BCUT2D eigenvalue weighted by Crippen LogP contribution is -1.74. The molecule has 1 N–H and O–H groups in total. The Hall–Kier alpha value is -1.05. The minimum Gasteiger partial charge on any atom is -0.505 e. The molecule has 0 saturated heterocycles. The Morgan fingerprint density at radius 1 is 1.56 bits per heavy atom. The van der Waals surface area contributed by atoms with Crippen LogP contribution in [0.3, 0.4) is 0 Å². The number of halogens is 1. The highest BCUT2D eigenvalue weighted by molar-refractivity contribution is 5.12. The molecule has 0 spiro atoms. The molecule has 0 rings (SSSR count). The highest BCUT2D eigenvalue weighted by atomic mass is 19.1. The number of rotatable bonds is 1. The molecule has 0 atom stereocenters. The molecule has 0 aliphatic carbocycles. The van der Waals surface area contributed by atoms with Crippen LogP contribution in [0.2, 0.25) is 0 Å². The molecular formula is C7H11FO. The first kappa shape index (κ1) is 10.8. The summed E-state index contributed by atoms with van der Waals surface area (Å²) in [5, 5.41) is 8.32. The summed E-state index contributed by atoms with van der Waals surface area (Å²) in [6.45, 7) is 10.4. The minimum absolute atomic E-state index is 0.389. The Labute approximate surface area is 54.8 Å². The second-order valence-corrected chi connectivity index (χ2v) is 1.08. The molecule has 0 amide bonds. The van der Waals surface area contributed by atoms with E-state index in [0.29, 0.717) is 0 Å². The van der Waals surface area contributed by atoms with E-state index in [1.807, 2.05) is 0 Å². The largest absolute Gasteiger partial charge is 0.505 e. The van der Waals surface area contributed by atoms with Crippen LogP contribution in [0.15, 0.2) is 37.4 Å². The van der Waals surface area contributed by atoms with Gasteiger partial charge in [0.15, 0.2) is 5.83 Å². The summed E-state index contributed by atoms with van der Waals surface area (Å²) in [5.74, 6) is -1.18. The molecule has 0 fully saturated rings. The van der Waals surface area contributed by atoms with E-state index in [2.05, 4.69) is 19.7 Å². The van der Waals surface area contributed by atoms with Crippen molar-refractivity contribution in [2.75, 3.05) is 0 Å². The normalized spacial score (nSPS) is 9.33. The number of hydrogen-bond acceptors (Lipinski definition) is 1. The lowest BCUT2D eigenvalue weighted by atomic mass is 10.4. The topological polar surface area (TPSA) is 20.2 Å². The molecule has 0 aliphatic rings. The molecule has 0 heterocycles. The molecule has 0 aromatic heterocycles. The van der Waals surface area contributed by atoms with Gasteiger partial charge in [0.2, 0.25) is 0 Å². The molecule has 0 saturated carbocycles. The third-order valence-electron chi connectivity index (χ3n) is 0.551. The van der Waals surface area contributed by atoms with Gasteiger partial charge in [-0.25, -0.2) is 4.39 Å². The molecule has 0 aliphatic heterocycles. The Bertz CT molecular complexity index is 116. The highest BCUT2D eigenvalue weighted by Gasteiger charge is 1.90. The van der Waals surface area contributed by atoms with Gasteiger partial charge >= 0.3 is 0 Å². The van der Waals surface area contributed by atoms with E-state index in [0.717, 1.165) is 0 Å². The van der Waals surface area contributed by atoms with Crippen molar-refractivity contribution in [3.8, 4) is 0 Å². The summed E-state index contributed by atoms with van der Waals surface area (Å²) < 4.78 is 11.6. The van der Waals surface area contributed by atoms with Crippen molar-refractivity contribution < 1.29 is 9.50 Å². The first-order chi connectivity index (χ1) is 4.18. The van der Waals surface area contributed by atoms with Crippen LogP contribution in [-0.4, -0.2) is 5.11 Å². The molecule has 0 bridgehead atoms. The molecule has 2 heteroatoms. The van der Waals surface area contributed by atoms with E-state index in [1.54, 1.807) is 0 Å². The van der Waals surface area contributed by atoms with Crippen molar-refractivity contribution in [3.63, 3.8) is 0 Å². The quantitative estimate of drug-likeness (QED) is 0.328. The molecule has 0 aromatic carbocycles. The molecule has 0 aromatic rings. The Kier molecular flexibility index (Phi) is 8.38. The van der Waals surface area contributed by atoms with Crippen LogP contribution < -0.4 is 0 Å². The van der Waals surface area contributed by atoms with Crippen LogP contribution in [0.25, 0.3) is 0 Å². The lowest BCUT2D eigenvalue weighted by molar-refractivity contribution is 0.389. The first-order valence-corrected chi connectivity index (χ1v) is 2.38. The van der Waals surface area contributed by atoms with Gasteiger partial charge in [-0.05, 0) is 13.0 Å². The van der Waals surface area contributed by atoms with Gasteiger partial charge in [0.25, 0.3) is 0 Å². The summed E-state index contributed by atoms with van der Waals surface area (Å²) in [5.41, 5.74) is 0. The summed E-state index contributed by atoms with van der Waals surface area (Å²) >= 11 is 0. The van der Waals surface area contributed by atoms with Crippen molar-refractivity contribution >= 4 is 0 Å². The number of hydrogen-bond donors (Lipinski definition) is 1. The molecule has 52 valence electrons. The maximum Gasteiger partial charge on any atom is 0.157 e. The second-order valence-electron chi connectivity index (χ2n) is 1.08. The van der Waals surface area contributed by atoms with Crippen LogP contribution in [-0.2, 0) is 0 Å². The smallest absolute Gasteiger partial charge is 0.157 e. The van der Waals surface area contributed by atoms with E-state index in [1.165, 1.54) is 13.0 Å². The van der Waals surface area contributed by atoms with Crippen molar-refractivity contribution in [2.45, 2.75) is 6.92 Å². The van der Waals surface area contributed by atoms with Gasteiger partial charge in [0, 0.05) is 0 Å². The zero-order chi connectivity index (χ0) is 7.86. The molecular weight excluding hydrogens is 119 g/mol. The van der Waals surface area contributed by atoms with Crippen molar-refractivity contribution in [3.05, 3.63) is 37.4 Å². The molecule has 1 nitrogen and oxygen atoms in total. The highest BCUT2D eigenvalue weighted by Crippen LogP contribution is 2.01. The number of aliphatic hydroxyl groups excluding tert-OH is 1. The van der Waals surface area contributed by atoms with Crippen LogP contribution in [0, 0.1) is 0 Å². The molecule has 0 unspecified atom stereocenters. The predicted octanol–water partition coefficient (Wildman–Crippen LogP) is 2.73. The average molecular weight is 130 g/mol.